The molecule has 0 bridgehead atoms. The minimum atomic E-state index is -0.306. The number of ether oxygens (including phenoxy) is 3. The molecule has 0 aliphatic carbocycles. The summed E-state index contributed by atoms with van der Waals surface area (Å²) in [5.41, 5.74) is 5.23. The average Bonchev–Trinajstić information content (AvgIpc) is 3.20. The molecule has 1 heterocycles. The zero-order valence-corrected chi connectivity index (χ0v) is 18.7. The number of thiazole rings is 1. The van der Waals surface area contributed by atoms with Gasteiger partial charge in [-0.05, 0) is 30.2 Å². The van der Waals surface area contributed by atoms with Crippen LogP contribution in [0.5, 0.6) is 11.5 Å². The van der Waals surface area contributed by atoms with Crippen LogP contribution in [0.1, 0.15) is 23.7 Å². The second kappa shape index (κ2) is 11.3. The lowest BCUT2D eigenvalue weighted by Crippen LogP contribution is -2.07. The normalized spacial score (nSPS) is 10.8. The summed E-state index contributed by atoms with van der Waals surface area (Å²) in [6.45, 7) is 2.49. The summed E-state index contributed by atoms with van der Waals surface area (Å²) in [6, 6.07) is 13.3. The van der Waals surface area contributed by atoms with Gasteiger partial charge in [0.15, 0.2) is 11.5 Å². The van der Waals surface area contributed by atoms with Crippen LogP contribution in [0.15, 0.2) is 52.9 Å². The molecule has 0 unspecified atom stereocenters. The number of nitrogens with one attached hydrogen (secondary N) is 1. The van der Waals surface area contributed by atoms with Gasteiger partial charge >= 0.3 is 5.97 Å². The summed E-state index contributed by atoms with van der Waals surface area (Å²) in [4.78, 5) is 15.8. The largest absolute Gasteiger partial charge is 0.493 e. The van der Waals surface area contributed by atoms with E-state index in [0.717, 1.165) is 11.1 Å². The maximum atomic E-state index is 11.5. The van der Waals surface area contributed by atoms with E-state index in [1.54, 1.807) is 37.8 Å². The van der Waals surface area contributed by atoms with Crippen molar-refractivity contribution >= 4 is 40.3 Å². The van der Waals surface area contributed by atoms with Crippen LogP contribution in [0.2, 0.25) is 5.02 Å². The molecule has 0 radical (unpaired) electrons. The molecule has 3 aromatic rings. The fourth-order valence-corrected chi connectivity index (χ4v) is 3.58. The third kappa shape index (κ3) is 6.70. The van der Waals surface area contributed by atoms with Gasteiger partial charge in [-0.2, -0.15) is 5.10 Å². The Morgan fingerprint density at radius 1 is 1.29 bits per heavy atom. The topological polar surface area (TPSA) is 82.0 Å². The maximum absolute atomic E-state index is 11.5. The minimum Gasteiger partial charge on any atom is -0.493 e. The highest BCUT2D eigenvalue weighted by atomic mass is 35.5. The van der Waals surface area contributed by atoms with Gasteiger partial charge in [0.05, 0.1) is 37.1 Å². The van der Waals surface area contributed by atoms with E-state index < -0.39 is 0 Å². The van der Waals surface area contributed by atoms with Gasteiger partial charge in [0.25, 0.3) is 0 Å². The molecule has 9 heteroatoms. The summed E-state index contributed by atoms with van der Waals surface area (Å²) in [5.74, 6) is 0.677. The van der Waals surface area contributed by atoms with Crippen LogP contribution >= 0.6 is 22.9 Å². The molecule has 0 saturated heterocycles. The van der Waals surface area contributed by atoms with Gasteiger partial charge in [-0.3, -0.25) is 10.2 Å². The van der Waals surface area contributed by atoms with Gasteiger partial charge in [0.1, 0.15) is 6.61 Å². The second-order valence-corrected chi connectivity index (χ2v) is 7.57. The Hall–Kier alpha value is -3.10. The Morgan fingerprint density at radius 3 is 2.84 bits per heavy atom. The molecule has 0 saturated carbocycles. The number of benzene rings is 2. The Bertz CT molecular complexity index is 1040. The molecule has 1 aromatic heterocycles. The SMILES string of the molecule is CCOC(=O)Cc1csc(NN=Cc2cc(Cl)c(OCc3ccccc3)c(OC)c2)n1. The van der Waals surface area contributed by atoms with E-state index >= 15 is 0 Å². The van der Waals surface area contributed by atoms with Crippen LogP contribution in [0.25, 0.3) is 0 Å². The predicted molar refractivity (Wildman–Crippen MR) is 122 cm³/mol. The Labute approximate surface area is 189 Å². The molecule has 0 amide bonds. The number of hydrazone groups is 1. The highest BCUT2D eigenvalue weighted by molar-refractivity contribution is 7.13. The summed E-state index contributed by atoms with van der Waals surface area (Å²) in [7, 11) is 1.56. The van der Waals surface area contributed by atoms with Gasteiger partial charge in [0, 0.05) is 5.38 Å². The van der Waals surface area contributed by atoms with E-state index in [2.05, 4.69) is 15.5 Å². The lowest BCUT2D eigenvalue weighted by molar-refractivity contribution is -0.142. The van der Waals surface area contributed by atoms with Crippen molar-refractivity contribution in [2.24, 2.45) is 5.10 Å². The standard InChI is InChI=1S/C22H22ClN3O4S/c1-3-29-20(27)11-17-14-31-22(25-17)26-24-12-16-9-18(23)21(19(10-16)28-2)30-13-15-7-5-4-6-8-15/h4-10,12,14H,3,11,13H2,1-2H3,(H,25,26). The average molecular weight is 460 g/mol. The van der Waals surface area contributed by atoms with Crippen molar-refractivity contribution in [2.45, 2.75) is 20.0 Å². The first-order chi connectivity index (χ1) is 15.1. The van der Waals surface area contributed by atoms with Crippen LogP contribution in [-0.2, 0) is 22.6 Å². The van der Waals surface area contributed by atoms with Crippen molar-refractivity contribution < 1.29 is 19.0 Å². The number of esters is 1. The first-order valence-corrected chi connectivity index (χ1v) is 10.8. The van der Waals surface area contributed by atoms with Gasteiger partial charge in [-0.25, -0.2) is 4.98 Å². The second-order valence-electron chi connectivity index (χ2n) is 6.30. The highest BCUT2D eigenvalue weighted by Crippen LogP contribution is 2.36. The third-order valence-electron chi connectivity index (χ3n) is 4.03. The van der Waals surface area contributed by atoms with E-state index in [0.29, 0.717) is 40.6 Å². The summed E-state index contributed by atoms with van der Waals surface area (Å²) < 4.78 is 16.2. The molecule has 0 fully saturated rings. The Morgan fingerprint density at radius 2 is 2.10 bits per heavy atom. The number of methoxy groups -OCH3 is 1. The minimum absolute atomic E-state index is 0.132. The van der Waals surface area contributed by atoms with Crippen molar-refractivity contribution in [3.63, 3.8) is 0 Å². The van der Waals surface area contributed by atoms with E-state index in [1.165, 1.54) is 11.3 Å². The number of hydrogen-bond donors (Lipinski definition) is 1. The molecule has 31 heavy (non-hydrogen) atoms. The Balaban J connectivity index is 1.62. The van der Waals surface area contributed by atoms with Gasteiger partial charge in [0.2, 0.25) is 5.13 Å². The maximum Gasteiger partial charge on any atom is 0.311 e. The molecule has 2 aromatic carbocycles. The molecular formula is C22H22ClN3O4S. The van der Waals surface area contributed by atoms with Gasteiger partial charge in [-0.1, -0.05) is 41.9 Å². The number of carbonyl (C=O) groups excluding carboxylic acids is 1. The van der Waals surface area contributed by atoms with Crippen molar-refractivity contribution in [3.05, 3.63) is 69.7 Å². The van der Waals surface area contributed by atoms with Crippen LogP contribution in [0.4, 0.5) is 5.13 Å². The van der Waals surface area contributed by atoms with Crippen LogP contribution < -0.4 is 14.9 Å². The quantitative estimate of drug-likeness (QED) is 0.263. The lowest BCUT2D eigenvalue weighted by Gasteiger charge is -2.13. The third-order valence-corrected chi connectivity index (χ3v) is 5.11. The number of hydrogen-bond acceptors (Lipinski definition) is 8. The van der Waals surface area contributed by atoms with Gasteiger partial charge in [-0.15, -0.1) is 11.3 Å². The fourth-order valence-electron chi connectivity index (χ4n) is 2.65. The molecule has 7 nitrogen and oxygen atoms in total. The van der Waals surface area contributed by atoms with Crippen molar-refractivity contribution in [3.8, 4) is 11.5 Å². The number of carbonyl (C=O) groups is 1. The van der Waals surface area contributed by atoms with Crippen molar-refractivity contribution in [2.75, 3.05) is 19.1 Å². The van der Waals surface area contributed by atoms with Crippen LogP contribution in [-0.4, -0.2) is 30.9 Å². The lowest BCUT2D eigenvalue weighted by atomic mass is 10.2. The zero-order chi connectivity index (χ0) is 22.1. The van der Waals surface area contributed by atoms with Crippen molar-refractivity contribution in [1.82, 2.24) is 4.98 Å². The van der Waals surface area contributed by atoms with Gasteiger partial charge < -0.3 is 14.2 Å². The first-order valence-electron chi connectivity index (χ1n) is 9.52. The molecule has 1 N–H and O–H groups in total. The van der Waals surface area contributed by atoms with Crippen molar-refractivity contribution in [1.29, 1.82) is 0 Å². The number of nitrogens with zero attached hydrogens (tertiary/aromatic N) is 2. The molecular weight excluding hydrogens is 438 g/mol. The first kappa shape index (κ1) is 22.6. The highest BCUT2D eigenvalue weighted by Gasteiger charge is 2.12. The molecule has 162 valence electrons. The molecule has 3 rings (SSSR count). The summed E-state index contributed by atoms with van der Waals surface area (Å²) in [6.07, 6.45) is 1.73. The number of halogens is 1. The van der Waals surface area contributed by atoms with Crippen LogP contribution in [0.3, 0.4) is 0 Å². The summed E-state index contributed by atoms with van der Waals surface area (Å²) >= 11 is 7.76. The number of aromatic nitrogens is 1. The number of anilines is 1. The molecule has 0 aliphatic rings. The monoisotopic (exact) mass is 459 g/mol. The molecule has 0 aliphatic heterocycles. The van der Waals surface area contributed by atoms with E-state index in [-0.39, 0.29) is 12.4 Å². The zero-order valence-electron chi connectivity index (χ0n) is 17.1. The summed E-state index contributed by atoms with van der Waals surface area (Å²) in [5, 5.41) is 6.95. The smallest absolute Gasteiger partial charge is 0.311 e. The predicted octanol–water partition coefficient (Wildman–Crippen LogP) is 4.94. The molecule has 0 spiro atoms. The van der Waals surface area contributed by atoms with E-state index in [4.69, 9.17) is 25.8 Å². The van der Waals surface area contributed by atoms with E-state index in [1.807, 2.05) is 30.3 Å². The fraction of sp³-hybridized carbons (Fsp3) is 0.227. The molecule has 0 atom stereocenters. The number of rotatable bonds is 10. The van der Waals surface area contributed by atoms with E-state index in [9.17, 15) is 4.79 Å². The van der Waals surface area contributed by atoms with Crippen LogP contribution in [0, 0.1) is 0 Å². The Kier molecular flexibility index (Phi) is 8.26.